The summed E-state index contributed by atoms with van der Waals surface area (Å²) in [6.07, 6.45) is -1.46. The van der Waals surface area contributed by atoms with E-state index in [0.29, 0.717) is 16.0 Å². The highest BCUT2D eigenvalue weighted by Crippen LogP contribution is 2.44. The van der Waals surface area contributed by atoms with Crippen LogP contribution in [0.4, 0.5) is 10.5 Å². The molecule has 1 aliphatic carbocycles. The lowest BCUT2D eigenvalue weighted by atomic mass is 9.98. The first-order valence-electron chi connectivity index (χ1n) is 10.6. The summed E-state index contributed by atoms with van der Waals surface area (Å²) in [6, 6.07) is 17.8. The Balaban J connectivity index is 1.43. The molecule has 0 fully saturated rings. The van der Waals surface area contributed by atoms with Crippen molar-refractivity contribution in [3.8, 4) is 11.1 Å². The van der Waals surface area contributed by atoms with Gasteiger partial charge >= 0.3 is 12.1 Å². The number of rotatable bonds is 7. The molecule has 2 aromatic carbocycles. The van der Waals surface area contributed by atoms with Gasteiger partial charge in [-0.15, -0.1) is 0 Å². The number of hydrogen-bond acceptors (Lipinski definition) is 5. The Bertz CT molecular complexity index is 1220. The van der Waals surface area contributed by atoms with Crippen molar-refractivity contribution in [1.82, 2.24) is 10.3 Å². The average molecular weight is 524 g/mol. The number of fused-ring (bicyclic) bond motifs is 3. The standard InChI is InChI=1S/C25H22BrN3O5/c1-14-20(10-11-22(26)27-14)28-24(32)21(12-23(30)31)29-25(33)34-13-19-17-8-4-2-6-15(17)16-7-3-5-9-18(16)19/h2-11,19,21H,12-13H2,1H3,(H,28,32)(H,29,33)(H,30,31). The van der Waals surface area contributed by atoms with Crippen molar-refractivity contribution in [1.29, 1.82) is 0 Å². The van der Waals surface area contributed by atoms with E-state index in [0.717, 1.165) is 22.3 Å². The van der Waals surface area contributed by atoms with E-state index in [1.54, 1.807) is 19.1 Å². The molecular formula is C25H22BrN3O5. The Kier molecular flexibility index (Phi) is 6.93. The molecule has 4 rings (SSSR count). The number of halogens is 1. The Hall–Kier alpha value is -3.72. The first-order chi connectivity index (χ1) is 16.3. The van der Waals surface area contributed by atoms with E-state index in [2.05, 4.69) is 31.5 Å². The number of ether oxygens (including phenoxy) is 1. The number of aromatic nitrogens is 1. The van der Waals surface area contributed by atoms with Gasteiger partial charge in [-0.3, -0.25) is 9.59 Å². The molecule has 0 saturated heterocycles. The van der Waals surface area contributed by atoms with Gasteiger partial charge in [0, 0.05) is 5.92 Å². The predicted molar refractivity (Wildman–Crippen MR) is 130 cm³/mol. The van der Waals surface area contributed by atoms with E-state index in [9.17, 15) is 19.5 Å². The third kappa shape index (κ3) is 5.09. The number of carbonyl (C=O) groups excluding carboxylic acids is 2. The third-order valence-electron chi connectivity index (χ3n) is 5.64. The summed E-state index contributed by atoms with van der Waals surface area (Å²) in [5, 5.41) is 14.2. The van der Waals surface area contributed by atoms with Gasteiger partial charge in [0.05, 0.1) is 17.8 Å². The zero-order valence-corrected chi connectivity index (χ0v) is 19.8. The highest BCUT2D eigenvalue weighted by Gasteiger charge is 2.30. The Morgan fingerprint density at radius 3 is 2.24 bits per heavy atom. The highest BCUT2D eigenvalue weighted by molar-refractivity contribution is 9.10. The molecule has 3 N–H and O–H groups in total. The van der Waals surface area contributed by atoms with Gasteiger partial charge in [0.2, 0.25) is 5.91 Å². The highest BCUT2D eigenvalue weighted by atomic mass is 79.9. The number of benzene rings is 2. The summed E-state index contributed by atoms with van der Waals surface area (Å²) < 4.78 is 6.05. The second kappa shape index (κ2) is 10.0. The fourth-order valence-corrected chi connectivity index (χ4v) is 4.45. The second-order valence-corrected chi connectivity index (χ2v) is 8.69. The number of carbonyl (C=O) groups is 3. The predicted octanol–water partition coefficient (Wildman–Crippen LogP) is 4.47. The van der Waals surface area contributed by atoms with Gasteiger partial charge in [0.15, 0.2) is 0 Å². The number of nitrogens with zero attached hydrogens (tertiary/aromatic N) is 1. The summed E-state index contributed by atoms with van der Waals surface area (Å²) in [7, 11) is 0. The molecule has 1 heterocycles. The maximum atomic E-state index is 12.7. The van der Waals surface area contributed by atoms with Crippen molar-refractivity contribution in [3.05, 3.63) is 82.1 Å². The minimum absolute atomic E-state index is 0.0526. The van der Waals surface area contributed by atoms with Gasteiger partial charge in [-0.05, 0) is 57.2 Å². The second-order valence-electron chi connectivity index (χ2n) is 7.88. The monoisotopic (exact) mass is 523 g/mol. The Morgan fingerprint density at radius 2 is 1.65 bits per heavy atom. The van der Waals surface area contributed by atoms with Crippen molar-refractivity contribution < 1.29 is 24.2 Å². The summed E-state index contributed by atoms with van der Waals surface area (Å²) in [5.41, 5.74) is 5.24. The van der Waals surface area contributed by atoms with Crippen molar-refractivity contribution in [2.24, 2.45) is 0 Å². The minimum Gasteiger partial charge on any atom is -0.481 e. The molecular weight excluding hydrogens is 502 g/mol. The topological polar surface area (TPSA) is 118 Å². The van der Waals surface area contributed by atoms with Crippen LogP contribution in [0.15, 0.2) is 65.3 Å². The lowest BCUT2D eigenvalue weighted by Crippen LogP contribution is -2.45. The third-order valence-corrected chi connectivity index (χ3v) is 6.08. The Morgan fingerprint density at radius 1 is 1.03 bits per heavy atom. The number of amides is 2. The number of carboxylic acids is 1. The fraction of sp³-hybridized carbons (Fsp3) is 0.200. The first kappa shape index (κ1) is 23.4. The van der Waals surface area contributed by atoms with Gasteiger partial charge in [-0.1, -0.05) is 48.5 Å². The molecule has 174 valence electrons. The van der Waals surface area contributed by atoms with Gasteiger partial charge < -0.3 is 20.5 Å². The lowest BCUT2D eigenvalue weighted by Gasteiger charge is -2.19. The number of aryl methyl sites for hydroxylation is 1. The van der Waals surface area contributed by atoms with E-state index in [1.165, 1.54) is 0 Å². The number of pyridine rings is 1. The van der Waals surface area contributed by atoms with Crippen LogP contribution in [-0.4, -0.2) is 40.7 Å². The van der Waals surface area contributed by atoms with E-state index >= 15 is 0 Å². The molecule has 0 aliphatic heterocycles. The fourth-order valence-electron chi connectivity index (χ4n) is 4.05. The number of nitrogens with one attached hydrogen (secondary N) is 2. The molecule has 0 spiro atoms. The van der Waals surface area contributed by atoms with Crippen molar-refractivity contribution >= 4 is 39.6 Å². The van der Waals surface area contributed by atoms with Crippen LogP contribution in [0.1, 0.15) is 29.2 Å². The zero-order chi connectivity index (χ0) is 24.2. The quantitative estimate of drug-likeness (QED) is 0.393. The number of alkyl carbamates (subject to hydrolysis) is 1. The minimum atomic E-state index is -1.32. The van der Waals surface area contributed by atoms with Crippen LogP contribution < -0.4 is 10.6 Å². The molecule has 3 aromatic rings. The molecule has 9 heteroatoms. The number of anilines is 1. The maximum Gasteiger partial charge on any atom is 0.407 e. The normalized spacial score (nSPS) is 12.9. The smallest absolute Gasteiger partial charge is 0.407 e. The number of hydrogen-bond donors (Lipinski definition) is 3. The number of carboxylic acid groups (broad SMARTS) is 1. The van der Waals surface area contributed by atoms with E-state index in [4.69, 9.17) is 4.74 Å². The van der Waals surface area contributed by atoms with E-state index < -0.39 is 30.4 Å². The van der Waals surface area contributed by atoms with Crippen LogP contribution in [0, 0.1) is 6.92 Å². The summed E-state index contributed by atoms with van der Waals surface area (Å²) in [5.74, 6) is -2.06. The first-order valence-corrected chi connectivity index (χ1v) is 11.4. The van der Waals surface area contributed by atoms with Gasteiger partial charge in [0.1, 0.15) is 17.3 Å². The molecule has 1 atom stereocenters. The number of aliphatic carboxylic acids is 1. The van der Waals surface area contributed by atoms with Crippen molar-refractivity contribution in [3.63, 3.8) is 0 Å². The van der Waals surface area contributed by atoms with Crippen LogP contribution in [0.5, 0.6) is 0 Å². The van der Waals surface area contributed by atoms with E-state index in [-0.39, 0.29) is 12.5 Å². The molecule has 0 bridgehead atoms. The SMILES string of the molecule is Cc1nc(Br)ccc1NC(=O)C(CC(=O)O)NC(=O)OCC1c2ccccc2-c2ccccc21. The largest absolute Gasteiger partial charge is 0.481 e. The zero-order valence-electron chi connectivity index (χ0n) is 18.2. The van der Waals surface area contributed by atoms with Crippen molar-refractivity contribution in [2.75, 3.05) is 11.9 Å². The molecule has 2 amide bonds. The van der Waals surface area contributed by atoms with Gasteiger partial charge in [0.25, 0.3) is 0 Å². The van der Waals surface area contributed by atoms with Crippen LogP contribution in [-0.2, 0) is 14.3 Å². The maximum absolute atomic E-state index is 12.7. The molecule has 1 aliphatic rings. The van der Waals surface area contributed by atoms with Gasteiger partial charge in [-0.2, -0.15) is 0 Å². The molecule has 1 unspecified atom stereocenters. The van der Waals surface area contributed by atoms with Crippen LogP contribution in [0.25, 0.3) is 11.1 Å². The van der Waals surface area contributed by atoms with E-state index in [1.807, 2.05) is 48.5 Å². The molecule has 0 saturated carbocycles. The molecule has 1 aromatic heterocycles. The molecule has 8 nitrogen and oxygen atoms in total. The lowest BCUT2D eigenvalue weighted by molar-refractivity contribution is -0.139. The van der Waals surface area contributed by atoms with Crippen molar-refractivity contribution in [2.45, 2.75) is 25.3 Å². The molecule has 34 heavy (non-hydrogen) atoms. The van der Waals surface area contributed by atoms with Gasteiger partial charge in [-0.25, -0.2) is 9.78 Å². The summed E-state index contributed by atoms with van der Waals surface area (Å²) in [6.45, 7) is 1.75. The average Bonchev–Trinajstić information content (AvgIpc) is 3.12. The van der Waals surface area contributed by atoms with Crippen LogP contribution >= 0.6 is 15.9 Å². The Labute approximate surface area is 204 Å². The van der Waals surface area contributed by atoms with Crippen LogP contribution in [0.2, 0.25) is 0 Å². The van der Waals surface area contributed by atoms with Crippen LogP contribution in [0.3, 0.4) is 0 Å². The summed E-state index contributed by atoms with van der Waals surface area (Å²) in [4.78, 5) is 40.8. The molecule has 0 radical (unpaired) electrons. The summed E-state index contributed by atoms with van der Waals surface area (Å²) >= 11 is 3.25.